The summed E-state index contributed by atoms with van der Waals surface area (Å²) in [7, 11) is 4.03. The van der Waals surface area contributed by atoms with E-state index in [-0.39, 0.29) is 5.91 Å². The summed E-state index contributed by atoms with van der Waals surface area (Å²) in [6, 6.07) is 5.60. The minimum absolute atomic E-state index is 0.0959. The van der Waals surface area contributed by atoms with Crippen LogP contribution >= 0.6 is 11.6 Å². The number of hydrogen-bond acceptors (Lipinski definition) is 2. The van der Waals surface area contributed by atoms with Gasteiger partial charge in [0, 0.05) is 6.54 Å². The zero-order valence-electron chi connectivity index (χ0n) is 11.3. The summed E-state index contributed by atoms with van der Waals surface area (Å²) < 4.78 is 0. The number of nitrogens with zero attached hydrogens (tertiary/aromatic N) is 1. The zero-order valence-corrected chi connectivity index (χ0v) is 12.0. The molecule has 0 aliphatic rings. The predicted octanol–water partition coefficient (Wildman–Crippen LogP) is 2.58. The third-order valence-electron chi connectivity index (χ3n) is 2.75. The Labute approximate surface area is 114 Å². The third-order valence-corrected chi connectivity index (χ3v) is 3.07. The van der Waals surface area contributed by atoms with Crippen LogP contribution in [0.15, 0.2) is 18.2 Å². The summed E-state index contributed by atoms with van der Waals surface area (Å²) in [5, 5.41) is 3.41. The maximum Gasteiger partial charge on any atom is 0.252 e. The lowest BCUT2D eigenvalue weighted by atomic mass is 10.1. The van der Waals surface area contributed by atoms with E-state index in [2.05, 4.69) is 17.1 Å². The molecule has 1 rings (SSSR count). The molecule has 0 aliphatic carbocycles. The minimum Gasteiger partial charge on any atom is -0.352 e. The van der Waals surface area contributed by atoms with Crippen LogP contribution in [0.4, 0.5) is 0 Å². The number of amides is 1. The van der Waals surface area contributed by atoms with E-state index in [1.165, 1.54) is 0 Å². The zero-order chi connectivity index (χ0) is 13.5. The van der Waals surface area contributed by atoms with Crippen LogP contribution in [0.25, 0.3) is 0 Å². The van der Waals surface area contributed by atoms with Gasteiger partial charge >= 0.3 is 0 Å². The molecule has 0 aromatic heterocycles. The molecule has 0 heterocycles. The highest BCUT2D eigenvalue weighted by Crippen LogP contribution is 2.18. The highest BCUT2D eigenvalue weighted by Gasteiger charge is 2.09. The number of carbonyl (C=O) groups is 1. The maximum absolute atomic E-state index is 11.9. The van der Waals surface area contributed by atoms with Gasteiger partial charge in [-0.3, -0.25) is 4.79 Å². The number of hydrogen-bond donors (Lipinski definition) is 1. The molecule has 18 heavy (non-hydrogen) atoms. The highest BCUT2D eigenvalue weighted by molar-refractivity contribution is 6.33. The number of rotatable bonds is 6. The summed E-state index contributed by atoms with van der Waals surface area (Å²) in [5.41, 5.74) is 1.70. The number of benzene rings is 1. The second kappa shape index (κ2) is 7.39. The number of aryl methyl sites for hydroxylation is 1. The van der Waals surface area contributed by atoms with E-state index in [0.717, 1.165) is 24.9 Å². The Balaban J connectivity index is 2.51. The van der Waals surface area contributed by atoms with Crippen molar-refractivity contribution < 1.29 is 4.79 Å². The molecule has 100 valence electrons. The van der Waals surface area contributed by atoms with Crippen molar-refractivity contribution in [1.82, 2.24) is 10.2 Å². The smallest absolute Gasteiger partial charge is 0.252 e. The fourth-order valence-corrected chi connectivity index (χ4v) is 1.94. The first-order valence-corrected chi connectivity index (χ1v) is 6.63. The summed E-state index contributed by atoms with van der Waals surface area (Å²) >= 11 is 6.10. The van der Waals surface area contributed by atoms with E-state index in [1.54, 1.807) is 6.07 Å². The second-order valence-corrected chi connectivity index (χ2v) is 4.99. The van der Waals surface area contributed by atoms with Crippen molar-refractivity contribution >= 4 is 17.5 Å². The largest absolute Gasteiger partial charge is 0.352 e. The van der Waals surface area contributed by atoms with Gasteiger partial charge in [0.1, 0.15) is 0 Å². The Bertz CT molecular complexity index is 405. The number of halogens is 1. The van der Waals surface area contributed by atoms with Gasteiger partial charge in [-0.1, -0.05) is 24.6 Å². The highest BCUT2D eigenvalue weighted by atomic mass is 35.5. The van der Waals surface area contributed by atoms with Crippen LogP contribution in [0.1, 0.15) is 29.3 Å². The van der Waals surface area contributed by atoms with Crippen LogP contribution in [0.3, 0.4) is 0 Å². The third kappa shape index (κ3) is 4.67. The van der Waals surface area contributed by atoms with Gasteiger partial charge in [-0.05, 0) is 51.2 Å². The predicted molar refractivity (Wildman–Crippen MR) is 76.3 cm³/mol. The molecule has 1 aromatic carbocycles. The Morgan fingerprint density at radius 3 is 2.67 bits per heavy atom. The Hall–Kier alpha value is -1.06. The normalized spacial score (nSPS) is 10.7. The minimum atomic E-state index is -0.0959. The van der Waals surface area contributed by atoms with Gasteiger partial charge in [-0.25, -0.2) is 0 Å². The van der Waals surface area contributed by atoms with E-state index in [4.69, 9.17) is 11.6 Å². The van der Waals surface area contributed by atoms with E-state index >= 15 is 0 Å². The summed E-state index contributed by atoms with van der Waals surface area (Å²) in [6.07, 6.45) is 1.86. The molecule has 0 bridgehead atoms. The van der Waals surface area contributed by atoms with Gasteiger partial charge in [0.25, 0.3) is 5.91 Å². The molecule has 0 saturated carbocycles. The Morgan fingerprint density at radius 1 is 1.39 bits per heavy atom. The fourth-order valence-electron chi connectivity index (χ4n) is 1.66. The van der Waals surface area contributed by atoms with Gasteiger partial charge in [-0.15, -0.1) is 0 Å². The lowest BCUT2D eigenvalue weighted by Gasteiger charge is -2.10. The first-order valence-electron chi connectivity index (χ1n) is 6.26. The number of nitrogens with one attached hydrogen (secondary N) is 1. The standard InChI is InChI=1S/C14H21ClN2O/c1-4-11-6-7-12(13(15)10-11)14(18)16-8-5-9-17(2)3/h6-7,10H,4-5,8-9H2,1-3H3,(H,16,18). The molecule has 0 fully saturated rings. The molecule has 1 N–H and O–H groups in total. The van der Waals surface area contributed by atoms with Crippen LogP contribution in [0.5, 0.6) is 0 Å². The van der Waals surface area contributed by atoms with Crippen molar-refractivity contribution in [3.05, 3.63) is 34.3 Å². The van der Waals surface area contributed by atoms with Gasteiger partial charge in [0.05, 0.1) is 10.6 Å². The quantitative estimate of drug-likeness (QED) is 0.805. The molecule has 4 heteroatoms. The van der Waals surface area contributed by atoms with Gasteiger partial charge in [0.15, 0.2) is 0 Å². The molecular weight excluding hydrogens is 248 g/mol. The molecule has 1 amide bonds. The molecule has 0 saturated heterocycles. The number of carbonyl (C=O) groups excluding carboxylic acids is 1. The molecule has 1 aromatic rings. The summed E-state index contributed by atoms with van der Waals surface area (Å²) in [5.74, 6) is -0.0959. The van der Waals surface area contributed by atoms with Crippen LogP contribution in [-0.2, 0) is 6.42 Å². The van der Waals surface area contributed by atoms with Crippen molar-refractivity contribution in [2.75, 3.05) is 27.2 Å². The first kappa shape index (κ1) is 15.0. The van der Waals surface area contributed by atoms with E-state index in [9.17, 15) is 4.79 Å². The maximum atomic E-state index is 11.9. The molecule has 0 atom stereocenters. The molecule has 3 nitrogen and oxygen atoms in total. The van der Waals surface area contributed by atoms with Crippen molar-refractivity contribution in [3.63, 3.8) is 0 Å². The topological polar surface area (TPSA) is 32.3 Å². The fraction of sp³-hybridized carbons (Fsp3) is 0.500. The summed E-state index contributed by atoms with van der Waals surface area (Å²) in [4.78, 5) is 14.0. The van der Waals surface area contributed by atoms with Crippen LogP contribution in [0, 0.1) is 0 Å². The van der Waals surface area contributed by atoms with Crippen molar-refractivity contribution in [2.24, 2.45) is 0 Å². The van der Waals surface area contributed by atoms with Gasteiger partial charge in [0.2, 0.25) is 0 Å². The van der Waals surface area contributed by atoms with Crippen LogP contribution in [-0.4, -0.2) is 38.0 Å². The van der Waals surface area contributed by atoms with Crippen molar-refractivity contribution in [1.29, 1.82) is 0 Å². The second-order valence-electron chi connectivity index (χ2n) is 4.58. The van der Waals surface area contributed by atoms with E-state index in [1.807, 2.05) is 26.2 Å². The molecule has 0 radical (unpaired) electrons. The summed E-state index contributed by atoms with van der Waals surface area (Å²) in [6.45, 7) is 3.69. The lowest BCUT2D eigenvalue weighted by molar-refractivity contribution is 0.0952. The van der Waals surface area contributed by atoms with Crippen LogP contribution in [0.2, 0.25) is 5.02 Å². The average Bonchev–Trinajstić information content (AvgIpc) is 2.33. The van der Waals surface area contributed by atoms with Gasteiger partial charge < -0.3 is 10.2 Å². The molecule has 0 aliphatic heterocycles. The molecule has 0 spiro atoms. The molecule has 0 unspecified atom stereocenters. The lowest BCUT2D eigenvalue weighted by Crippen LogP contribution is -2.27. The van der Waals surface area contributed by atoms with Gasteiger partial charge in [-0.2, -0.15) is 0 Å². The molecular formula is C14H21ClN2O. The van der Waals surface area contributed by atoms with Crippen LogP contribution < -0.4 is 5.32 Å². The van der Waals surface area contributed by atoms with Crippen molar-refractivity contribution in [2.45, 2.75) is 19.8 Å². The van der Waals surface area contributed by atoms with E-state index in [0.29, 0.717) is 17.1 Å². The Morgan fingerprint density at radius 2 is 2.11 bits per heavy atom. The SMILES string of the molecule is CCc1ccc(C(=O)NCCCN(C)C)c(Cl)c1. The average molecular weight is 269 g/mol. The Kier molecular flexibility index (Phi) is 6.16. The van der Waals surface area contributed by atoms with Crippen molar-refractivity contribution in [3.8, 4) is 0 Å². The van der Waals surface area contributed by atoms with E-state index < -0.39 is 0 Å². The first-order chi connectivity index (χ1) is 8.54. The monoisotopic (exact) mass is 268 g/mol.